The average Bonchev–Trinajstić information content (AvgIpc) is 1.94. The second-order valence-electron chi connectivity index (χ2n) is 1.93. The highest BCUT2D eigenvalue weighted by Gasteiger charge is 2.13. The number of para-hydroxylation sites is 1. The van der Waals surface area contributed by atoms with E-state index in [2.05, 4.69) is 0 Å². The summed E-state index contributed by atoms with van der Waals surface area (Å²) >= 11 is 0. The van der Waals surface area contributed by atoms with E-state index >= 15 is 0 Å². The first-order valence-electron chi connectivity index (χ1n) is 2.81. The zero-order valence-corrected chi connectivity index (χ0v) is 6.68. The van der Waals surface area contributed by atoms with Crippen LogP contribution in [-0.2, 0) is 0 Å². The molecule has 0 bridgehead atoms. The van der Waals surface area contributed by atoms with Gasteiger partial charge in [-0.05, 0) is 6.07 Å². The lowest BCUT2D eigenvalue weighted by atomic mass is 10.3. The van der Waals surface area contributed by atoms with Crippen LogP contribution in [0.5, 0.6) is 0 Å². The van der Waals surface area contributed by atoms with E-state index in [0.29, 0.717) is 0 Å². The number of rotatable bonds is 1. The molecule has 0 amide bonds. The molecule has 1 rings (SSSR count). The van der Waals surface area contributed by atoms with Gasteiger partial charge in [0.2, 0.25) is 0 Å². The Morgan fingerprint density at radius 3 is 2.50 bits per heavy atom. The number of benzene rings is 1. The fourth-order valence-electron chi connectivity index (χ4n) is 0.685. The number of nitrogens with zero attached hydrogens (tertiary/aromatic N) is 1. The molecule has 4 nitrogen and oxygen atoms in total. The SMILES string of the molecule is Cl.Nc1c(F)cccc1[N+](=O)[O-]. The summed E-state index contributed by atoms with van der Waals surface area (Å²) in [4.78, 5) is 9.41. The Morgan fingerprint density at radius 2 is 2.08 bits per heavy atom. The molecule has 0 aliphatic rings. The molecule has 12 heavy (non-hydrogen) atoms. The summed E-state index contributed by atoms with van der Waals surface area (Å²) < 4.78 is 12.5. The first kappa shape index (κ1) is 10.6. The number of anilines is 1. The quantitative estimate of drug-likeness (QED) is 0.419. The van der Waals surface area contributed by atoms with Crippen LogP contribution in [-0.4, -0.2) is 4.92 Å². The Balaban J connectivity index is 0.00000121. The molecule has 0 spiro atoms. The maximum absolute atomic E-state index is 12.5. The standard InChI is InChI=1S/C6H5FN2O2.ClH/c7-4-2-1-3-5(6(4)8)9(10)11;/h1-3H,8H2;1H. The summed E-state index contributed by atoms with van der Waals surface area (Å²) in [5.41, 5.74) is 4.25. The van der Waals surface area contributed by atoms with Crippen LogP contribution < -0.4 is 5.73 Å². The normalized spacial score (nSPS) is 8.75. The van der Waals surface area contributed by atoms with Gasteiger partial charge < -0.3 is 5.73 Å². The summed E-state index contributed by atoms with van der Waals surface area (Å²) in [5.74, 6) is -0.765. The summed E-state index contributed by atoms with van der Waals surface area (Å²) in [7, 11) is 0. The monoisotopic (exact) mass is 192 g/mol. The molecule has 0 unspecified atom stereocenters. The van der Waals surface area contributed by atoms with Gasteiger partial charge in [0.05, 0.1) is 4.92 Å². The van der Waals surface area contributed by atoms with Crippen LogP contribution in [0.1, 0.15) is 0 Å². The van der Waals surface area contributed by atoms with Gasteiger partial charge >= 0.3 is 0 Å². The molecule has 0 saturated heterocycles. The maximum Gasteiger partial charge on any atom is 0.295 e. The molecule has 6 heteroatoms. The molecule has 0 heterocycles. The van der Waals surface area contributed by atoms with Gasteiger partial charge in [0.25, 0.3) is 5.69 Å². The fourth-order valence-corrected chi connectivity index (χ4v) is 0.685. The first-order valence-corrected chi connectivity index (χ1v) is 2.81. The number of nitro benzene ring substituents is 1. The van der Waals surface area contributed by atoms with Crippen LogP contribution in [0, 0.1) is 15.9 Å². The van der Waals surface area contributed by atoms with Gasteiger partial charge in [-0.25, -0.2) is 4.39 Å². The van der Waals surface area contributed by atoms with Crippen LogP contribution in [0.25, 0.3) is 0 Å². The Kier molecular flexibility index (Phi) is 3.43. The molecular weight excluding hydrogens is 187 g/mol. The van der Waals surface area contributed by atoms with E-state index in [1.807, 2.05) is 0 Å². The molecular formula is C6H6ClFN2O2. The second-order valence-corrected chi connectivity index (χ2v) is 1.93. The molecule has 2 N–H and O–H groups in total. The number of hydrogen-bond donors (Lipinski definition) is 1. The number of nitrogens with two attached hydrogens (primary N) is 1. The van der Waals surface area contributed by atoms with Crippen molar-refractivity contribution in [2.45, 2.75) is 0 Å². The minimum atomic E-state index is -0.765. The van der Waals surface area contributed by atoms with Crippen LogP contribution in [0.2, 0.25) is 0 Å². The molecule has 0 saturated carbocycles. The zero-order chi connectivity index (χ0) is 8.43. The van der Waals surface area contributed by atoms with Crippen LogP contribution in [0.15, 0.2) is 18.2 Å². The minimum Gasteiger partial charge on any atom is -0.391 e. The summed E-state index contributed by atoms with van der Waals surface area (Å²) in [6.07, 6.45) is 0. The third kappa shape index (κ3) is 1.82. The Labute approximate surface area is 73.7 Å². The van der Waals surface area contributed by atoms with Crippen molar-refractivity contribution in [3.05, 3.63) is 34.1 Å². The molecule has 0 atom stereocenters. The maximum atomic E-state index is 12.5. The minimum absolute atomic E-state index is 0. The van der Waals surface area contributed by atoms with Crippen molar-refractivity contribution in [3.63, 3.8) is 0 Å². The van der Waals surface area contributed by atoms with E-state index in [4.69, 9.17) is 5.73 Å². The second kappa shape index (κ2) is 3.87. The van der Waals surface area contributed by atoms with Crippen LogP contribution >= 0.6 is 12.4 Å². The van der Waals surface area contributed by atoms with E-state index in [1.165, 1.54) is 6.07 Å². The van der Waals surface area contributed by atoms with E-state index in [0.717, 1.165) is 12.1 Å². The largest absolute Gasteiger partial charge is 0.391 e. The third-order valence-corrected chi connectivity index (χ3v) is 1.23. The summed E-state index contributed by atoms with van der Waals surface area (Å²) in [5, 5.41) is 10.1. The molecule has 0 aliphatic carbocycles. The molecule has 0 radical (unpaired) electrons. The van der Waals surface area contributed by atoms with Gasteiger partial charge in [0.15, 0.2) is 5.82 Å². The van der Waals surface area contributed by atoms with E-state index in [9.17, 15) is 14.5 Å². The average molecular weight is 193 g/mol. The third-order valence-electron chi connectivity index (χ3n) is 1.23. The lowest BCUT2D eigenvalue weighted by Gasteiger charge is -1.95. The van der Waals surface area contributed by atoms with Gasteiger partial charge in [-0.2, -0.15) is 0 Å². The van der Waals surface area contributed by atoms with Crippen molar-refractivity contribution in [1.29, 1.82) is 0 Å². The predicted molar refractivity (Wildman–Crippen MR) is 44.7 cm³/mol. The Bertz CT molecular complexity index is 306. The highest BCUT2D eigenvalue weighted by atomic mass is 35.5. The lowest BCUT2D eigenvalue weighted by Crippen LogP contribution is -1.97. The molecule has 0 aromatic heterocycles. The highest BCUT2D eigenvalue weighted by Crippen LogP contribution is 2.22. The van der Waals surface area contributed by atoms with Gasteiger partial charge in [-0.3, -0.25) is 10.1 Å². The number of hydrogen-bond acceptors (Lipinski definition) is 3. The van der Waals surface area contributed by atoms with Crippen molar-refractivity contribution >= 4 is 23.8 Å². The Morgan fingerprint density at radius 1 is 1.50 bits per heavy atom. The molecule has 66 valence electrons. The van der Waals surface area contributed by atoms with Crippen LogP contribution in [0.3, 0.4) is 0 Å². The molecule has 1 aromatic carbocycles. The van der Waals surface area contributed by atoms with Crippen LogP contribution in [0.4, 0.5) is 15.8 Å². The van der Waals surface area contributed by atoms with Crippen molar-refractivity contribution in [2.24, 2.45) is 0 Å². The van der Waals surface area contributed by atoms with Gasteiger partial charge in [0.1, 0.15) is 5.69 Å². The number of nitrogen functional groups attached to an aromatic ring is 1. The summed E-state index contributed by atoms with van der Waals surface area (Å²) in [6, 6.07) is 3.46. The lowest BCUT2D eigenvalue weighted by molar-refractivity contribution is -0.384. The van der Waals surface area contributed by atoms with Gasteiger partial charge in [-0.15, -0.1) is 12.4 Å². The topological polar surface area (TPSA) is 69.2 Å². The number of halogens is 2. The smallest absolute Gasteiger partial charge is 0.295 e. The Hall–Kier alpha value is -1.36. The van der Waals surface area contributed by atoms with Crippen molar-refractivity contribution in [3.8, 4) is 0 Å². The molecule has 0 fully saturated rings. The zero-order valence-electron chi connectivity index (χ0n) is 5.86. The fraction of sp³-hybridized carbons (Fsp3) is 0. The summed E-state index contributed by atoms with van der Waals surface area (Å²) in [6.45, 7) is 0. The van der Waals surface area contributed by atoms with E-state index < -0.39 is 22.1 Å². The molecule has 0 aliphatic heterocycles. The van der Waals surface area contributed by atoms with E-state index in [1.54, 1.807) is 0 Å². The van der Waals surface area contributed by atoms with Gasteiger partial charge in [0, 0.05) is 6.07 Å². The van der Waals surface area contributed by atoms with E-state index in [-0.39, 0.29) is 12.4 Å². The molecule has 1 aromatic rings. The number of nitro groups is 1. The first-order chi connectivity index (χ1) is 5.13. The van der Waals surface area contributed by atoms with Crippen molar-refractivity contribution in [1.82, 2.24) is 0 Å². The predicted octanol–water partition coefficient (Wildman–Crippen LogP) is 1.74. The van der Waals surface area contributed by atoms with Gasteiger partial charge in [-0.1, -0.05) is 6.07 Å². The van der Waals surface area contributed by atoms with Crippen molar-refractivity contribution in [2.75, 3.05) is 5.73 Å². The highest BCUT2D eigenvalue weighted by molar-refractivity contribution is 5.85. The van der Waals surface area contributed by atoms with Crippen molar-refractivity contribution < 1.29 is 9.31 Å².